The Morgan fingerprint density at radius 1 is 1.60 bits per heavy atom. The first-order chi connectivity index (χ1) is 7.06. The Morgan fingerprint density at radius 2 is 2.27 bits per heavy atom. The van der Waals surface area contributed by atoms with Gasteiger partial charge < -0.3 is 5.73 Å². The molecule has 0 aliphatic heterocycles. The van der Waals surface area contributed by atoms with Crippen molar-refractivity contribution < 1.29 is 9.31 Å². The maximum absolute atomic E-state index is 13.0. The predicted molar refractivity (Wildman–Crippen MR) is 55.9 cm³/mol. The number of nitro groups is 1. The zero-order chi connectivity index (χ0) is 11.4. The molecule has 0 amide bonds. The number of hydrogen-bond donors (Lipinski definition) is 1. The molecule has 1 aromatic rings. The van der Waals surface area contributed by atoms with Gasteiger partial charge in [-0.2, -0.15) is 0 Å². The molecule has 0 saturated heterocycles. The maximum Gasteiger partial charge on any atom is 0.275 e. The van der Waals surface area contributed by atoms with E-state index in [-0.39, 0.29) is 5.69 Å². The fraction of sp³-hybridized carbons (Fsp3) is 0.200. The van der Waals surface area contributed by atoms with E-state index in [1.165, 1.54) is 6.07 Å². The molecule has 0 aliphatic carbocycles. The van der Waals surface area contributed by atoms with E-state index in [2.05, 4.69) is 0 Å². The molecule has 0 unspecified atom stereocenters. The van der Waals surface area contributed by atoms with Crippen LogP contribution in [0.4, 0.5) is 10.1 Å². The summed E-state index contributed by atoms with van der Waals surface area (Å²) in [6, 6.07) is 2.16. The van der Waals surface area contributed by atoms with E-state index in [0.717, 1.165) is 6.07 Å². The second kappa shape index (κ2) is 4.65. The lowest BCUT2D eigenvalue weighted by atomic mass is 10.1. The molecule has 0 fully saturated rings. The van der Waals surface area contributed by atoms with Gasteiger partial charge in [0.1, 0.15) is 5.82 Å². The average Bonchev–Trinajstić information content (AvgIpc) is 2.18. The Bertz CT molecular complexity index is 416. The summed E-state index contributed by atoms with van der Waals surface area (Å²) in [5, 5.41) is 10.6. The first-order valence-corrected chi connectivity index (χ1v) is 4.37. The highest BCUT2D eigenvalue weighted by molar-refractivity contribution is 5.60. The highest BCUT2D eigenvalue weighted by Crippen LogP contribution is 2.23. The Hall–Kier alpha value is -1.75. The zero-order valence-electron chi connectivity index (χ0n) is 8.24. The van der Waals surface area contributed by atoms with Crippen LogP contribution in [0.1, 0.15) is 11.1 Å². The van der Waals surface area contributed by atoms with Crippen LogP contribution in [0.2, 0.25) is 0 Å². The van der Waals surface area contributed by atoms with Crippen molar-refractivity contribution in [1.82, 2.24) is 0 Å². The topological polar surface area (TPSA) is 69.2 Å². The fourth-order valence-corrected chi connectivity index (χ4v) is 1.24. The molecular weight excluding hydrogens is 199 g/mol. The van der Waals surface area contributed by atoms with Crippen LogP contribution in [-0.2, 0) is 0 Å². The molecule has 0 bridgehead atoms. The van der Waals surface area contributed by atoms with Crippen LogP contribution in [0.3, 0.4) is 0 Å². The Kier molecular flexibility index (Phi) is 3.51. The summed E-state index contributed by atoms with van der Waals surface area (Å²) >= 11 is 0. The summed E-state index contributed by atoms with van der Waals surface area (Å²) in [5.74, 6) is -0.621. The minimum atomic E-state index is -0.621. The van der Waals surface area contributed by atoms with Crippen molar-refractivity contribution in [1.29, 1.82) is 0 Å². The molecule has 15 heavy (non-hydrogen) atoms. The Morgan fingerprint density at radius 3 is 2.80 bits per heavy atom. The van der Waals surface area contributed by atoms with Gasteiger partial charge in [-0.05, 0) is 18.6 Å². The van der Waals surface area contributed by atoms with Gasteiger partial charge >= 0.3 is 0 Å². The Labute approximate surface area is 86.4 Å². The van der Waals surface area contributed by atoms with Crippen LogP contribution >= 0.6 is 0 Å². The standard InChI is InChI=1S/C10H11FN2O2/c1-7-8(3-2-4-12)5-9(11)6-10(7)13(14)15/h2-3,5-6H,4,12H2,1H3. The van der Waals surface area contributed by atoms with Gasteiger partial charge in [0.2, 0.25) is 0 Å². The lowest BCUT2D eigenvalue weighted by Crippen LogP contribution is -1.96. The number of nitrogens with two attached hydrogens (primary N) is 1. The molecule has 1 aromatic carbocycles. The zero-order valence-corrected chi connectivity index (χ0v) is 8.24. The first-order valence-electron chi connectivity index (χ1n) is 4.37. The van der Waals surface area contributed by atoms with Crippen LogP contribution in [0, 0.1) is 22.9 Å². The minimum Gasteiger partial charge on any atom is -0.327 e. The van der Waals surface area contributed by atoms with E-state index in [9.17, 15) is 14.5 Å². The average molecular weight is 210 g/mol. The van der Waals surface area contributed by atoms with Crippen LogP contribution in [0.5, 0.6) is 0 Å². The van der Waals surface area contributed by atoms with Gasteiger partial charge in [-0.15, -0.1) is 0 Å². The molecule has 0 spiro atoms. The third-order valence-electron chi connectivity index (χ3n) is 2.02. The van der Waals surface area contributed by atoms with Crippen LogP contribution in [0.25, 0.3) is 6.08 Å². The second-order valence-corrected chi connectivity index (χ2v) is 3.03. The first kappa shape index (κ1) is 11.3. The fourth-order valence-electron chi connectivity index (χ4n) is 1.24. The molecule has 0 saturated carbocycles. The lowest BCUT2D eigenvalue weighted by molar-refractivity contribution is -0.385. The molecule has 0 aliphatic rings. The third-order valence-corrected chi connectivity index (χ3v) is 2.02. The molecule has 5 heteroatoms. The monoisotopic (exact) mass is 210 g/mol. The number of hydrogen-bond acceptors (Lipinski definition) is 3. The lowest BCUT2D eigenvalue weighted by Gasteiger charge is -2.02. The molecule has 80 valence electrons. The number of rotatable bonds is 3. The molecule has 0 radical (unpaired) electrons. The van der Waals surface area contributed by atoms with Crippen molar-refractivity contribution in [3.63, 3.8) is 0 Å². The van der Waals surface area contributed by atoms with Crippen LogP contribution in [-0.4, -0.2) is 11.5 Å². The van der Waals surface area contributed by atoms with Crippen LogP contribution < -0.4 is 5.73 Å². The summed E-state index contributed by atoms with van der Waals surface area (Å²) in [7, 11) is 0. The van der Waals surface area contributed by atoms with Gasteiger partial charge in [-0.3, -0.25) is 10.1 Å². The summed E-state index contributed by atoms with van der Waals surface area (Å²) in [4.78, 5) is 9.99. The highest BCUT2D eigenvalue weighted by atomic mass is 19.1. The molecule has 2 N–H and O–H groups in total. The van der Waals surface area contributed by atoms with Gasteiger partial charge in [0.05, 0.1) is 11.0 Å². The number of halogens is 1. The van der Waals surface area contributed by atoms with Gasteiger partial charge in [-0.25, -0.2) is 4.39 Å². The van der Waals surface area contributed by atoms with Crippen molar-refractivity contribution in [3.05, 3.63) is 45.3 Å². The molecule has 0 heterocycles. The normalized spacial score (nSPS) is 10.9. The smallest absolute Gasteiger partial charge is 0.275 e. The molecule has 0 aromatic heterocycles. The summed E-state index contributed by atoms with van der Waals surface area (Å²) < 4.78 is 13.0. The van der Waals surface area contributed by atoms with E-state index < -0.39 is 10.7 Å². The number of nitrogens with zero attached hydrogens (tertiary/aromatic N) is 1. The summed E-state index contributed by atoms with van der Waals surface area (Å²) in [5.41, 5.74) is 5.95. The molecule has 1 rings (SSSR count). The van der Waals surface area contributed by atoms with Crippen LogP contribution in [0.15, 0.2) is 18.2 Å². The second-order valence-electron chi connectivity index (χ2n) is 3.03. The van der Waals surface area contributed by atoms with E-state index in [1.807, 2.05) is 0 Å². The minimum absolute atomic E-state index is 0.216. The van der Waals surface area contributed by atoms with E-state index in [0.29, 0.717) is 17.7 Å². The van der Waals surface area contributed by atoms with Crippen molar-refractivity contribution in [2.24, 2.45) is 5.73 Å². The van der Waals surface area contributed by atoms with Crippen molar-refractivity contribution in [3.8, 4) is 0 Å². The molecular formula is C10H11FN2O2. The summed E-state index contributed by atoms with van der Waals surface area (Å²) in [6.45, 7) is 1.89. The quantitative estimate of drug-likeness (QED) is 0.612. The maximum atomic E-state index is 13.0. The van der Waals surface area contributed by atoms with E-state index >= 15 is 0 Å². The van der Waals surface area contributed by atoms with Crippen molar-refractivity contribution in [2.45, 2.75) is 6.92 Å². The predicted octanol–water partition coefficient (Wildman–Crippen LogP) is 2.01. The molecule has 4 nitrogen and oxygen atoms in total. The van der Waals surface area contributed by atoms with Gasteiger partial charge in [0.25, 0.3) is 5.69 Å². The number of benzene rings is 1. The van der Waals surface area contributed by atoms with Crippen molar-refractivity contribution in [2.75, 3.05) is 6.54 Å². The van der Waals surface area contributed by atoms with E-state index in [4.69, 9.17) is 5.73 Å². The van der Waals surface area contributed by atoms with Gasteiger partial charge in [0.15, 0.2) is 0 Å². The summed E-state index contributed by atoms with van der Waals surface area (Å²) in [6.07, 6.45) is 3.19. The molecule has 0 atom stereocenters. The third kappa shape index (κ3) is 2.60. The van der Waals surface area contributed by atoms with E-state index in [1.54, 1.807) is 19.1 Å². The Balaban J connectivity index is 3.28. The largest absolute Gasteiger partial charge is 0.327 e. The SMILES string of the molecule is Cc1c(C=CCN)cc(F)cc1[N+](=O)[O-]. The van der Waals surface area contributed by atoms with Crippen molar-refractivity contribution >= 4 is 11.8 Å². The van der Waals surface area contributed by atoms with Gasteiger partial charge in [0, 0.05) is 12.1 Å². The van der Waals surface area contributed by atoms with Gasteiger partial charge in [-0.1, -0.05) is 12.2 Å². The number of nitro benzene ring substituents is 1. The highest BCUT2D eigenvalue weighted by Gasteiger charge is 2.14.